The van der Waals surface area contributed by atoms with Crippen molar-refractivity contribution in [2.45, 2.75) is 75.8 Å². The van der Waals surface area contributed by atoms with E-state index in [0.717, 1.165) is 76.5 Å². The first-order valence-electron chi connectivity index (χ1n) is 20.1. The molecular weight excluding hydrogens is 735 g/mol. The lowest BCUT2D eigenvalue weighted by Crippen LogP contribution is -2.51. The third-order valence-corrected chi connectivity index (χ3v) is 11.9. The van der Waals surface area contributed by atoms with E-state index >= 15 is 0 Å². The number of amides is 3. The maximum Gasteiger partial charge on any atom is 0.407 e. The number of benzene rings is 3. The number of nitrogens with one attached hydrogen (secondary N) is 3. The van der Waals surface area contributed by atoms with Crippen LogP contribution in [0.1, 0.15) is 81.4 Å². The number of hydrogen-bond donors (Lipinski definition) is 3. The fraction of sp³-hybridized carbons (Fsp3) is 0.400. The summed E-state index contributed by atoms with van der Waals surface area (Å²) in [5.41, 5.74) is 6.30. The van der Waals surface area contributed by atoms with E-state index in [9.17, 15) is 14.4 Å². The molecule has 0 saturated carbocycles. The molecule has 3 saturated heterocycles. The Balaban J connectivity index is 0.947. The van der Waals surface area contributed by atoms with Crippen LogP contribution >= 0.6 is 0 Å². The van der Waals surface area contributed by atoms with Crippen molar-refractivity contribution >= 4 is 17.9 Å². The number of carbonyl (C=O) groups excluding carboxylic acids is 3. The Hall–Kier alpha value is -5.79. The van der Waals surface area contributed by atoms with Crippen LogP contribution in [-0.4, -0.2) is 93.2 Å². The molecule has 3 N–H and O–H groups in total. The maximum atomic E-state index is 14.1. The van der Waals surface area contributed by atoms with Gasteiger partial charge in [0.05, 0.1) is 55.1 Å². The first-order chi connectivity index (χ1) is 28.2. The van der Waals surface area contributed by atoms with Gasteiger partial charge in [-0.05, 0) is 59.4 Å². The van der Waals surface area contributed by atoms with Gasteiger partial charge in [-0.2, -0.15) is 0 Å². The number of H-pyrrole nitrogens is 2. The zero-order valence-corrected chi connectivity index (χ0v) is 33.4. The smallest absolute Gasteiger partial charge is 0.407 e. The zero-order valence-electron chi connectivity index (χ0n) is 33.4. The molecule has 0 unspecified atom stereocenters. The molecule has 1 spiro atoms. The molecule has 5 atom stereocenters. The number of nitrogens with zero attached hydrogens (tertiary/aromatic N) is 4. The number of aromatic amines is 2. The maximum absolute atomic E-state index is 14.1. The predicted octanol–water partition coefficient (Wildman–Crippen LogP) is 7.39. The predicted molar refractivity (Wildman–Crippen MR) is 218 cm³/mol. The van der Waals surface area contributed by atoms with Gasteiger partial charge in [-0.1, -0.05) is 92.7 Å². The average Bonchev–Trinajstić information content (AvgIpc) is 4.11. The van der Waals surface area contributed by atoms with E-state index in [1.807, 2.05) is 66.4 Å². The average molecular weight is 786 g/mol. The second-order valence-electron chi connectivity index (χ2n) is 15.9. The van der Waals surface area contributed by atoms with Crippen molar-refractivity contribution in [3.63, 3.8) is 0 Å². The van der Waals surface area contributed by atoms with Crippen LogP contribution in [-0.2, 0) is 23.8 Å². The number of methoxy groups -OCH3 is 2. The minimum absolute atomic E-state index is 0.0917. The normalized spacial score (nSPS) is 21.5. The Bertz CT molecular complexity index is 2210. The number of aromatic nitrogens is 4. The Morgan fingerprint density at radius 3 is 1.95 bits per heavy atom. The van der Waals surface area contributed by atoms with E-state index in [-0.39, 0.29) is 35.4 Å². The minimum Gasteiger partial charge on any atom is -0.453 e. The van der Waals surface area contributed by atoms with E-state index in [1.54, 1.807) is 7.11 Å². The van der Waals surface area contributed by atoms with Crippen molar-refractivity contribution in [1.82, 2.24) is 35.1 Å². The molecular formula is C45H51N7O6. The fourth-order valence-electron chi connectivity index (χ4n) is 8.81. The van der Waals surface area contributed by atoms with Crippen LogP contribution in [0.3, 0.4) is 0 Å². The molecule has 3 aromatic carbocycles. The number of hydrogen-bond acceptors (Lipinski definition) is 8. The molecule has 0 aliphatic carbocycles. The van der Waals surface area contributed by atoms with Crippen molar-refractivity contribution in [1.29, 1.82) is 0 Å². The quantitative estimate of drug-likeness (QED) is 0.125. The molecule has 8 rings (SSSR count). The van der Waals surface area contributed by atoms with Gasteiger partial charge >= 0.3 is 6.09 Å². The summed E-state index contributed by atoms with van der Waals surface area (Å²) in [5.74, 6) is 1.14. The largest absolute Gasteiger partial charge is 0.453 e. The molecule has 0 radical (unpaired) electrons. The molecule has 2 aromatic heterocycles. The van der Waals surface area contributed by atoms with Crippen LogP contribution in [0.2, 0.25) is 0 Å². The number of carbonyl (C=O) groups is 3. The Morgan fingerprint density at radius 2 is 1.40 bits per heavy atom. The number of alkyl carbamates (subject to hydrolysis) is 1. The van der Waals surface area contributed by atoms with Crippen LogP contribution < -0.4 is 5.32 Å². The Labute approximate surface area is 338 Å². The van der Waals surface area contributed by atoms with Crippen LogP contribution in [0.5, 0.6) is 0 Å². The second-order valence-corrected chi connectivity index (χ2v) is 15.9. The van der Waals surface area contributed by atoms with Crippen LogP contribution in [0, 0.1) is 5.92 Å². The van der Waals surface area contributed by atoms with Crippen molar-refractivity contribution in [3.05, 3.63) is 108 Å². The molecule has 3 aliphatic rings. The number of imidazole rings is 2. The highest BCUT2D eigenvalue weighted by molar-refractivity contribution is 5.86. The Morgan fingerprint density at radius 1 is 0.793 bits per heavy atom. The number of ether oxygens (including phenoxy) is 3. The number of likely N-dealkylation sites (tertiary alicyclic amines) is 2. The van der Waals surface area contributed by atoms with E-state index in [0.29, 0.717) is 26.1 Å². The molecule has 302 valence electrons. The van der Waals surface area contributed by atoms with Crippen LogP contribution in [0.15, 0.2) is 91.3 Å². The third kappa shape index (κ3) is 7.76. The fourth-order valence-corrected chi connectivity index (χ4v) is 8.81. The van der Waals surface area contributed by atoms with Crippen molar-refractivity contribution in [2.75, 3.05) is 33.9 Å². The van der Waals surface area contributed by atoms with Gasteiger partial charge < -0.3 is 39.3 Å². The summed E-state index contributed by atoms with van der Waals surface area (Å²) in [6.07, 6.45) is 6.53. The second kappa shape index (κ2) is 16.6. The van der Waals surface area contributed by atoms with E-state index in [2.05, 4.69) is 68.8 Å². The summed E-state index contributed by atoms with van der Waals surface area (Å²) < 4.78 is 16.8. The molecule has 5 heterocycles. The summed E-state index contributed by atoms with van der Waals surface area (Å²) >= 11 is 0. The van der Waals surface area contributed by atoms with Gasteiger partial charge in [0.1, 0.15) is 17.7 Å². The van der Waals surface area contributed by atoms with Gasteiger partial charge in [0.2, 0.25) is 5.91 Å². The third-order valence-electron chi connectivity index (χ3n) is 11.9. The van der Waals surface area contributed by atoms with Crippen LogP contribution in [0.25, 0.3) is 33.6 Å². The first kappa shape index (κ1) is 39.1. The summed E-state index contributed by atoms with van der Waals surface area (Å²) in [6.45, 7) is 5.61. The van der Waals surface area contributed by atoms with E-state index in [1.165, 1.54) is 7.11 Å². The molecule has 13 nitrogen and oxygen atoms in total. The van der Waals surface area contributed by atoms with Crippen LogP contribution in [0.4, 0.5) is 4.79 Å². The van der Waals surface area contributed by atoms with E-state index in [4.69, 9.17) is 19.2 Å². The molecule has 5 aromatic rings. The molecule has 58 heavy (non-hydrogen) atoms. The van der Waals surface area contributed by atoms with Gasteiger partial charge in [0.15, 0.2) is 6.10 Å². The van der Waals surface area contributed by atoms with Gasteiger partial charge in [-0.25, -0.2) is 14.8 Å². The standard InChI is InChI=1S/C45H51N7O6/c1-28(2)38(50-44(55)57-4)42(53)51-22-8-12-36(51)40-46-25-34(48-40)31-17-13-29(14-18-31)30-15-19-32(20-16-30)35-26-47-41(49-35)37-24-45(21-9-23-58-45)27-52(37)43(54)39(56-3)33-10-6-5-7-11-33/h5-7,10-11,13-20,25-26,28,36-39H,8-9,12,21-24,27H2,1-4H3,(H,46,48)(H,47,49)(H,50,55)/t36-,37-,38-,39-,45-/m0/s1. The number of rotatable bonds is 11. The van der Waals surface area contributed by atoms with Gasteiger partial charge in [0.25, 0.3) is 5.91 Å². The highest BCUT2D eigenvalue weighted by Crippen LogP contribution is 2.46. The lowest BCUT2D eigenvalue weighted by atomic mass is 9.96. The molecule has 3 aliphatic heterocycles. The lowest BCUT2D eigenvalue weighted by Gasteiger charge is -2.30. The minimum atomic E-state index is -0.713. The van der Waals surface area contributed by atoms with E-state index < -0.39 is 18.2 Å². The highest BCUT2D eigenvalue weighted by atomic mass is 16.5. The first-order valence-corrected chi connectivity index (χ1v) is 20.1. The molecule has 13 heteroatoms. The lowest BCUT2D eigenvalue weighted by molar-refractivity contribution is -0.144. The van der Waals surface area contributed by atoms with Crippen molar-refractivity contribution in [3.8, 4) is 33.6 Å². The summed E-state index contributed by atoms with van der Waals surface area (Å²) in [5, 5.41) is 2.70. The topological polar surface area (TPSA) is 155 Å². The van der Waals surface area contributed by atoms with Gasteiger partial charge in [-0.15, -0.1) is 0 Å². The molecule has 0 bridgehead atoms. The monoisotopic (exact) mass is 785 g/mol. The zero-order chi connectivity index (χ0) is 40.4. The van der Waals surface area contributed by atoms with Crippen molar-refractivity contribution in [2.24, 2.45) is 5.92 Å². The molecule has 3 amide bonds. The molecule has 3 fully saturated rings. The SMILES string of the molecule is COC(=O)N[C@H](C(=O)N1CCC[C@H]1c1ncc(-c2ccc(-c3ccc(-c4cnc([C@@H]5C[C@@]6(CCCO6)CN5C(=O)[C@@H](OC)c5ccccc5)[nH]4)cc3)cc2)[nH]1)C(C)C. The van der Waals surface area contributed by atoms with Crippen molar-refractivity contribution < 1.29 is 28.6 Å². The van der Waals surface area contributed by atoms with Gasteiger partial charge in [-0.3, -0.25) is 9.59 Å². The highest BCUT2D eigenvalue weighted by Gasteiger charge is 2.51. The summed E-state index contributed by atoms with van der Waals surface area (Å²) in [4.78, 5) is 59.8. The summed E-state index contributed by atoms with van der Waals surface area (Å²) in [6, 6.07) is 25.1. The summed E-state index contributed by atoms with van der Waals surface area (Å²) in [7, 11) is 2.87. The Kier molecular flexibility index (Phi) is 11.2. The van der Waals surface area contributed by atoms with Gasteiger partial charge in [0, 0.05) is 26.7 Å².